The summed E-state index contributed by atoms with van der Waals surface area (Å²) in [5.41, 5.74) is 3.92. The van der Waals surface area contributed by atoms with Crippen LogP contribution >= 0.6 is 12.2 Å². The molecule has 1 fully saturated rings. The van der Waals surface area contributed by atoms with Gasteiger partial charge in [0.15, 0.2) is 5.11 Å². The molecule has 0 aliphatic carbocycles. The van der Waals surface area contributed by atoms with Crippen molar-refractivity contribution >= 4 is 41.2 Å². The van der Waals surface area contributed by atoms with Crippen LogP contribution in [-0.2, 0) is 14.3 Å². The molecule has 1 aliphatic heterocycles. The summed E-state index contributed by atoms with van der Waals surface area (Å²) >= 11 is 4.98. The summed E-state index contributed by atoms with van der Waals surface area (Å²) in [5, 5.41) is 2.60. The standard InChI is InChI=1S/C23H25N3O4S/c1-5-6-11-30-22(29)16-7-9-18(10-8-16)26-14(2)12-17(15(26)3)13-19-20(27)24-23(31)25(4)21(19)28/h7-10,12-13H,5-6,11H2,1-4H3,(H,24,27,31)/b19-13-. The molecule has 8 heteroatoms. The van der Waals surface area contributed by atoms with Crippen molar-refractivity contribution in [2.75, 3.05) is 13.7 Å². The first-order chi connectivity index (χ1) is 14.7. The zero-order valence-electron chi connectivity index (χ0n) is 18.0. The van der Waals surface area contributed by atoms with Gasteiger partial charge in [0.2, 0.25) is 0 Å². The molecule has 3 rings (SSSR count). The molecule has 1 aromatic carbocycles. The van der Waals surface area contributed by atoms with Crippen molar-refractivity contribution in [1.82, 2.24) is 14.8 Å². The number of esters is 1. The summed E-state index contributed by atoms with van der Waals surface area (Å²) in [7, 11) is 1.52. The van der Waals surface area contributed by atoms with Gasteiger partial charge in [0.1, 0.15) is 5.57 Å². The lowest BCUT2D eigenvalue weighted by molar-refractivity contribution is -0.128. The van der Waals surface area contributed by atoms with Crippen LogP contribution in [0.25, 0.3) is 11.8 Å². The number of hydrogen-bond donors (Lipinski definition) is 1. The van der Waals surface area contributed by atoms with E-state index in [-0.39, 0.29) is 16.7 Å². The summed E-state index contributed by atoms with van der Waals surface area (Å²) in [6, 6.07) is 9.06. The lowest BCUT2D eigenvalue weighted by Crippen LogP contribution is -2.52. The Bertz CT molecular complexity index is 1080. The Morgan fingerprint density at radius 1 is 1.19 bits per heavy atom. The summed E-state index contributed by atoms with van der Waals surface area (Å²) < 4.78 is 7.25. The molecule has 1 saturated heterocycles. The van der Waals surface area contributed by atoms with Gasteiger partial charge in [0.05, 0.1) is 12.2 Å². The lowest BCUT2D eigenvalue weighted by atomic mass is 10.1. The van der Waals surface area contributed by atoms with E-state index in [1.165, 1.54) is 11.9 Å². The van der Waals surface area contributed by atoms with Crippen LogP contribution in [0.4, 0.5) is 0 Å². The van der Waals surface area contributed by atoms with Crippen LogP contribution < -0.4 is 5.32 Å². The molecule has 2 heterocycles. The number of nitrogens with one attached hydrogen (secondary N) is 1. The van der Waals surface area contributed by atoms with E-state index < -0.39 is 11.8 Å². The number of amides is 2. The Hall–Kier alpha value is -3.26. The average molecular weight is 440 g/mol. The number of likely N-dealkylation sites (N-methyl/N-ethyl adjacent to an activating group) is 1. The van der Waals surface area contributed by atoms with Crippen molar-refractivity contribution in [1.29, 1.82) is 0 Å². The number of ether oxygens (including phenoxy) is 1. The quantitative estimate of drug-likeness (QED) is 0.246. The molecule has 0 bridgehead atoms. The third-order valence-corrected chi connectivity index (χ3v) is 5.54. The number of aromatic nitrogens is 1. The van der Waals surface area contributed by atoms with E-state index in [9.17, 15) is 14.4 Å². The molecule has 31 heavy (non-hydrogen) atoms. The van der Waals surface area contributed by atoms with Crippen molar-refractivity contribution in [2.45, 2.75) is 33.6 Å². The zero-order chi connectivity index (χ0) is 22.7. The van der Waals surface area contributed by atoms with Gasteiger partial charge in [-0.1, -0.05) is 13.3 Å². The third-order valence-electron chi connectivity index (χ3n) is 5.17. The third kappa shape index (κ3) is 4.59. The SMILES string of the molecule is CCCCOC(=O)c1ccc(-n2c(C)cc(/C=C3/C(=O)NC(=S)N(C)C3=O)c2C)cc1. The minimum atomic E-state index is -0.510. The number of carbonyl (C=O) groups is 3. The molecular weight excluding hydrogens is 414 g/mol. The van der Waals surface area contributed by atoms with E-state index in [1.54, 1.807) is 18.2 Å². The van der Waals surface area contributed by atoms with Gasteiger partial charge in [-0.3, -0.25) is 19.8 Å². The van der Waals surface area contributed by atoms with Crippen LogP contribution in [0.1, 0.15) is 47.1 Å². The van der Waals surface area contributed by atoms with Crippen molar-refractivity contribution < 1.29 is 19.1 Å². The van der Waals surface area contributed by atoms with Gasteiger partial charge in [-0.05, 0) is 74.5 Å². The first-order valence-corrected chi connectivity index (χ1v) is 10.5. The number of rotatable bonds is 6. The van der Waals surface area contributed by atoms with Gasteiger partial charge >= 0.3 is 5.97 Å². The number of thiocarbonyl (C=S) groups is 1. The second kappa shape index (κ2) is 9.26. The highest BCUT2D eigenvalue weighted by molar-refractivity contribution is 7.80. The highest BCUT2D eigenvalue weighted by Gasteiger charge is 2.31. The van der Waals surface area contributed by atoms with Crippen molar-refractivity contribution in [3.05, 3.63) is 58.4 Å². The van der Waals surface area contributed by atoms with E-state index in [1.807, 2.05) is 43.5 Å². The Morgan fingerprint density at radius 2 is 1.87 bits per heavy atom. The average Bonchev–Trinajstić information content (AvgIpc) is 3.02. The number of hydrogen-bond acceptors (Lipinski definition) is 5. The maximum Gasteiger partial charge on any atom is 0.338 e. The van der Waals surface area contributed by atoms with Crippen molar-refractivity contribution in [3.8, 4) is 5.69 Å². The predicted molar refractivity (Wildman–Crippen MR) is 122 cm³/mol. The molecule has 2 amide bonds. The van der Waals surface area contributed by atoms with Crippen LogP contribution in [0.5, 0.6) is 0 Å². The Morgan fingerprint density at radius 3 is 2.52 bits per heavy atom. The maximum atomic E-state index is 12.5. The van der Waals surface area contributed by atoms with E-state index in [2.05, 4.69) is 5.32 Å². The minimum Gasteiger partial charge on any atom is -0.462 e. The molecule has 0 unspecified atom stereocenters. The number of nitrogens with zero attached hydrogens (tertiary/aromatic N) is 2. The highest BCUT2D eigenvalue weighted by atomic mass is 32.1. The van der Waals surface area contributed by atoms with Gasteiger partial charge < -0.3 is 9.30 Å². The molecule has 2 aromatic rings. The summed E-state index contributed by atoms with van der Waals surface area (Å²) in [5.74, 6) is -1.29. The van der Waals surface area contributed by atoms with Gasteiger partial charge in [0.25, 0.3) is 11.8 Å². The van der Waals surface area contributed by atoms with Crippen LogP contribution in [0.15, 0.2) is 35.9 Å². The monoisotopic (exact) mass is 439 g/mol. The largest absolute Gasteiger partial charge is 0.462 e. The fourth-order valence-corrected chi connectivity index (χ4v) is 3.55. The number of unbranched alkanes of at least 4 members (excludes halogenated alkanes) is 1. The second-order valence-corrected chi connectivity index (χ2v) is 7.77. The van der Waals surface area contributed by atoms with Crippen molar-refractivity contribution in [3.63, 3.8) is 0 Å². The summed E-state index contributed by atoms with van der Waals surface area (Å²) in [4.78, 5) is 38.1. The second-order valence-electron chi connectivity index (χ2n) is 7.38. The molecule has 1 aromatic heterocycles. The lowest BCUT2D eigenvalue weighted by Gasteiger charge is -2.25. The predicted octanol–water partition coefficient (Wildman–Crippen LogP) is 3.31. The number of benzene rings is 1. The van der Waals surface area contributed by atoms with Gasteiger partial charge in [0, 0.05) is 24.1 Å². The molecular formula is C23H25N3O4S. The topological polar surface area (TPSA) is 80.6 Å². The number of aryl methyl sites for hydroxylation is 1. The molecule has 0 radical (unpaired) electrons. The Kier molecular flexibility index (Phi) is 6.70. The zero-order valence-corrected chi connectivity index (χ0v) is 18.8. The van der Waals surface area contributed by atoms with Crippen LogP contribution in [0.3, 0.4) is 0 Å². The molecule has 1 aliphatic rings. The highest BCUT2D eigenvalue weighted by Crippen LogP contribution is 2.24. The number of carbonyl (C=O) groups excluding carboxylic acids is 3. The molecule has 0 atom stereocenters. The maximum absolute atomic E-state index is 12.5. The van der Waals surface area contributed by atoms with Gasteiger partial charge in [-0.25, -0.2) is 4.79 Å². The first kappa shape index (κ1) is 22.4. The van der Waals surface area contributed by atoms with Crippen LogP contribution in [0, 0.1) is 13.8 Å². The molecule has 0 spiro atoms. The normalized spacial score (nSPS) is 15.4. The first-order valence-electron chi connectivity index (χ1n) is 10.1. The fourth-order valence-electron chi connectivity index (χ4n) is 3.37. The van der Waals surface area contributed by atoms with Crippen molar-refractivity contribution in [2.24, 2.45) is 0 Å². The molecule has 7 nitrogen and oxygen atoms in total. The minimum absolute atomic E-state index is 0.0292. The molecule has 1 N–H and O–H groups in total. The Balaban J connectivity index is 1.88. The summed E-state index contributed by atoms with van der Waals surface area (Å²) in [6.07, 6.45) is 3.38. The fraction of sp³-hybridized carbons (Fsp3) is 0.304. The molecule has 162 valence electrons. The van der Waals surface area contributed by atoms with Crippen LogP contribution in [-0.4, -0.2) is 46.0 Å². The van der Waals surface area contributed by atoms with Gasteiger partial charge in [-0.15, -0.1) is 0 Å². The van der Waals surface area contributed by atoms with E-state index in [0.29, 0.717) is 12.2 Å². The van der Waals surface area contributed by atoms with Gasteiger partial charge in [-0.2, -0.15) is 0 Å². The Labute approximate surface area is 186 Å². The van der Waals surface area contributed by atoms with E-state index >= 15 is 0 Å². The smallest absolute Gasteiger partial charge is 0.338 e. The van der Waals surface area contributed by atoms with E-state index in [0.717, 1.165) is 35.5 Å². The van der Waals surface area contributed by atoms with Crippen LogP contribution in [0.2, 0.25) is 0 Å². The molecule has 0 saturated carbocycles. The van der Waals surface area contributed by atoms with E-state index in [4.69, 9.17) is 17.0 Å². The summed E-state index contributed by atoms with van der Waals surface area (Å²) in [6.45, 7) is 6.30.